The van der Waals surface area contributed by atoms with E-state index in [0.717, 1.165) is 25.7 Å². The second-order valence-electron chi connectivity index (χ2n) is 11.6. The molecule has 47 heavy (non-hydrogen) atoms. The molecule has 15 heteroatoms. The first-order chi connectivity index (χ1) is 22.7. The standard InChI is InChI=1S/C32H37ClN5O8P/c1-20(31(41)44-22-12-4-2-5-13-22)37-47(42,46-23-14-6-3-7-15-23)19-43-18-25-26(39)27(40)30(45-25)38-17-16-24-28(34-21-10-8-9-11-21)35-32(33)36-29(24)38/h2-7,12-17,20-21,25-27,30,39-40H,8-11,18-19H2,1H3,(H,37,42)(H,34,35,36)/t20-,25?,26+,27+,30+,47?/m0/s1. The largest absolute Gasteiger partial charge is 0.431 e. The third-order valence-corrected chi connectivity index (χ3v) is 10.1. The first kappa shape index (κ1) is 33.4. The van der Waals surface area contributed by atoms with Crippen LogP contribution in [0.4, 0.5) is 5.82 Å². The molecule has 2 unspecified atom stereocenters. The molecule has 4 N–H and O–H groups in total. The highest BCUT2D eigenvalue weighted by atomic mass is 35.5. The summed E-state index contributed by atoms with van der Waals surface area (Å²) in [5.74, 6) is 0.567. The highest BCUT2D eigenvalue weighted by molar-refractivity contribution is 7.57. The van der Waals surface area contributed by atoms with Crippen LogP contribution < -0.4 is 19.7 Å². The Bertz CT molecular complexity index is 1710. The zero-order valence-corrected chi connectivity index (χ0v) is 27.3. The molecule has 2 fully saturated rings. The molecule has 1 aliphatic carbocycles. The maximum absolute atomic E-state index is 14.0. The third-order valence-electron chi connectivity index (χ3n) is 8.10. The number of benzene rings is 2. The SMILES string of the molecule is C[C@H](NP(=O)(COCC1O[C@@H](n2ccc3c(NC4CCCC4)nc(Cl)nc32)[C@H](O)[C@@H]1O)Oc1ccccc1)C(=O)Oc1ccccc1. The number of aliphatic hydroxyl groups excluding tert-OH is 2. The van der Waals surface area contributed by atoms with E-state index in [1.54, 1.807) is 71.4 Å². The van der Waals surface area contributed by atoms with E-state index in [4.69, 9.17) is 30.3 Å². The minimum Gasteiger partial charge on any atom is -0.431 e. The Morgan fingerprint density at radius 1 is 1.04 bits per heavy atom. The van der Waals surface area contributed by atoms with Crippen LogP contribution in [0, 0.1) is 0 Å². The highest BCUT2D eigenvalue weighted by Gasteiger charge is 2.45. The molecule has 4 aromatic rings. The van der Waals surface area contributed by atoms with Gasteiger partial charge in [0.1, 0.15) is 53.7 Å². The monoisotopic (exact) mass is 685 g/mol. The van der Waals surface area contributed by atoms with Gasteiger partial charge in [0, 0.05) is 12.2 Å². The lowest BCUT2D eigenvalue weighted by Gasteiger charge is -2.24. The van der Waals surface area contributed by atoms with Crippen molar-refractivity contribution in [1.82, 2.24) is 19.6 Å². The van der Waals surface area contributed by atoms with Crippen molar-refractivity contribution in [3.05, 3.63) is 78.2 Å². The quantitative estimate of drug-likeness (QED) is 0.0653. The molecule has 13 nitrogen and oxygen atoms in total. The van der Waals surface area contributed by atoms with Gasteiger partial charge in [0.25, 0.3) is 0 Å². The number of hydrogen-bond donors (Lipinski definition) is 4. The van der Waals surface area contributed by atoms with Crippen LogP contribution >= 0.6 is 19.1 Å². The minimum atomic E-state index is -3.88. The normalized spacial score (nSPS) is 23.4. The molecule has 1 aliphatic heterocycles. The predicted molar refractivity (Wildman–Crippen MR) is 175 cm³/mol. The lowest BCUT2D eigenvalue weighted by molar-refractivity contribution is -0.135. The van der Waals surface area contributed by atoms with Gasteiger partial charge in [-0.15, -0.1) is 0 Å². The number of hydrogen-bond acceptors (Lipinski definition) is 11. The van der Waals surface area contributed by atoms with Gasteiger partial charge < -0.3 is 38.8 Å². The van der Waals surface area contributed by atoms with Gasteiger partial charge in [0.05, 0.1) is 12.0 Å². The molecule has 2 aromatic heterocycles. The minimum absolute atomic E-state index is 0.0365. The van der Waals surface area contributed by atoms with Crippen LogP contribution in [0.1, 0.15) is 38.8 Å². The summed E-state index contributed by atoms with van der Waals surface area (Å²) in [5, 5.41) is 28.8. The predicted octanol–water partition coefficient (Wildman–Crippen LogP) is 4.89. The van der Waals surface area contributed by atoms with Gasteiger partial charge in [-0.2, -0.15) is 4.98 Å². The molecule has 250 valence electrons. The van der Waals surface area contributed by atoms with Crippen molar-refractivity contribution in [2.75, 3.05) is 18.3 Å². The molecule has 0 amide bonds. The van der Waals surface area contributed by atoms with Crippen LogP contribution in [0.15, 0.2) is 72.9 Å². The summed E-state index contributed by atoms with van der Waals surface area (Å²) in [7, 11) is -3.88. The van der Waals surface area contributed by atoms with E-state index >= 15 is 0 Å². The molecule has 0 spiro atoms. The number of aliphatic hydroxyl groups is 2. The van der Waals surface area contributed by atoms with Crippen molar-refractivity contribution in [3.63, 3.8) is 0 Å². The smallest absolute Gasteiger partial charge is 0.342 e. The number of nitrogens with one attached hydrogen (secondary N) is 2. The molecule has 0 bridgehead atoms. The lowest BCUT2D eigenvalue weighted by Crippen LogP contribution is -2.37. The fourth-order valence-electron chi connectivity index (χ4n) is 5.75. The molecule has 0 radical (unpaired) electrons. The van der Waals surface area contributed by atoms with Crippen LogP contribution in [0.3, 0.4) is 0 Å². The van der Waals surface area contributed by atoms with Crippen molar-refractivity contribution in [2.24, 2.45) is 0 Å². The average Bonchev–Trinajstić information content (AvgIpc) is 3.79. The number of aromatic nitrogens is 3. The molecule has 1 saturated carbocycles. The number of fused-ring (bicyclic) bond motifs is 1. The first-order valence-corrected chi connectivity index (χ1v) is 17.7. The van der Waals surface area contributed by atoms with Crippen LogP contribution in [-0.4, -0.2) is 74.1 Å². The van der Waals surface area contributed by atoms with Crippen molar-refractivity contribution >= 4 is 41.9 Å². The van der Waals surface area contributed by atoms with E-state index in [-0.39, 0.29) is 17.9 Å². The van der Waals surface area contributed by atoms with Gasteiger partial charge in [-0.25, -0.2) is 14.9 Å². The Balaban J connectivity index is 1.12. The lowest BCUT2D eigenvalue weighted by atomic mass is 10.1. The van der Waals surface area contributed by atoms with Crippen molar-refractivity contribution in [1.29, 1.82) is 0 Å². The molecule has 2 aromatic carbocycles. The van der Waals surface area contributed by atoms with E-state index in [1.807, 2.05) is 6.07 Å². The number of anilines is 1. The van der Waals surface area contributed by atoms with Crippen LogP contribution in [0.2, 0.25) is 5.28 Å². The molecule has 1 saturated heterocycles. The third kappa shape index (κ3) is 7.95. The Morgan fingerprint density at radius 3 is 2.43 bits per heavy atom. The van der Waals surface area contributed by atoms with E-state index in [1.165, 1.54) is 6.92 Å². The number of esters is 1. The van der Waals surface area contributed by atoms with Crippen molar-refractivity contribution in [2.45, 2.75) is 69.2 Å². The summed E-state index contributed by atoms with van der Waals surface area (Å²) in [6, 6.07) is 18.0. The Kier molecular flexibility index (Phi) is 10.4. The average molecular weight is 686 g/mol. The molecular formula is C32H37ClN5O8P. The number of carbonyl (C=O) groups is 1. The first-order valence-electron chi connectivity index (χ1n) is 15.5. The molecule has 6 atom stereocenters. The summed E-state index contributed by atoms with van der Waals surface area (Å²) in [6.07, 6.45) is 0.901. The fraction of sp³-hybridized carbons (Fsp3) is 0.406. The number of nitrogens with zero attached hydrogens (tertiary/aromatic N) is 3. The van der Waals surface area contributed by atoms with Gasteiger partial charge in [-0.1, -0.05) is 49.2 Å². The number of carbonyl (C=O) groups excluding carboxylic acids is 1. The Labute approximate surface area is 276 Å². The summed E-state index contributed by atoms with van der Waals surface area (Å²) < 4.78 is 38.6. The number of ether oxygens (including phenoxy) is 3. The maximum Gasteiger partial charge on any atom is 0.342 e. The molecule has 2 aliphatic rings. The number of rotatable bonds is 13. The topological polar surface area (TPSA) is 166 Å². The summed E-state index contributed by atoms with van der Waals surface area (Å²) in [4.78, 5) is 21.5. The van der Waals surface area contributed by atoms with E-state index in [2.05, 4.69) is 20.4 Å². The Hall–Kier alpha value is -3.55. The highest BCUT2D eigenvalue weighted by Crippen LogP contribution is 2.44. The number of para-hydroxylation sites is 2. The van der Waals surface area contributed by atoms with Gasteiger partial charge in [0.15, 0.2) is 6.23 Å². The van der Waals surface area contributed by atoms with Gasteiger partial charge in [-0.3, -0.25) is 4.57 Å². The second-order valence-corrected chi connectivity index (χ2v) is 14.0. The summed E-state index contributed by atoms with van der Waals surface area (Å²) in [6.45, 7) is 1.26. The van der Waals surface area contributed by atoms with Gasteiger partial charge >= 0.3 is 13.5 Å². The molecule has 6 rings (SSSR count). The van der Waals surface area contributed by atoms with Crippen LogP contribution in [0.25, 0.3) is 11.0 Å². The maximum atomic E-state index is 14.0. The van der Waals surface area contributed by atoms with Crippen molar-refractivity contribution < 1.29 is 38.3 Å². The van der Waals surface area contributed by atoms with Crippen LogP contribution in [-0.2, 0) is 18.8 Å². The Morgan fingerprint density at radius 2 is 1.72 bits per heavy atom. The van der Waals surface area contributed by atoms with E-state index in [0.29, 0.717) is 28.4 Å². The second kappa shape index (κ2) is 14.7. The van der Waals surface area contributed by atoms with E-state index < -0.39 is 50.4 Å². The fourth-order valence-corrected chi connectivity index (χ4v) is 7.60. The zero-order valence-electron chi connectivity index (χ0n) is 25.6. The van der Waals surface area contributed by atoms with Crippen molar-refractivity contribution in [3.8, 4) is 11.5 Å². The van der Waals surface area contributed by atoms with E-state index in [9.17, 15) is 19.6 Å². The molecular weight excluding hydrogens is 649 g/mol. The van der Waals surface area contributed by atoms with Gasteiger partial charge in [0.2, 0.25) is 5.28 Å². The zero-order chi connectivity index (χ0) is 33.0. The number of halogens is 1. The summed E-state index contributed by atoms with van der Waals surface area (Å²) in [5.41, 5.74) is 0.435. The molecule has 3 heterocycles. The van der Waals surface area contributed by atoms with Gasteiger partial charge in [-0.05, 0) is 61.7 Å². The van der Waals surface area contributed by atoms with Crippen LogP contribution in [0.5, 0.6) is 11.5 Å². The summed E-state index contributed by atoms with van der Waals surface area (Å²) >= 11 is 6.28.